The molecular formula is C21H23FN2O6S. The topological polar surface area (TPSA) is 130 Å². The Hall–Kier alpha value is -3.27. The van der Waals surface area contributed by atoms with E-state index in [1.54, 1.807) is 24.3 Å². The van der Waals surface area contributed by atoms with Crippen LogP contribution in [0.2, 0.25) is 0 Å². The number of hydrogen-bond donors (Lipinski definition) is 3. The average molecular weight is 450 g/mol. The van der Waals surface area contributed by atoms with Gasteiger partial charge in [0.05, 0.1) is 10.6 Å². The predicted octanol–water partition coefficient (Wildman–Crippen LogP) is 1.31. The van der Waals surface area contributed by atoms with Crippen molar-refractivity contribution >= 4 is 27.6 Å². The molecule has 2 amide bonds. The number of benzene rings is 2. The zero-order valence-corrected chi connectivity index (χ0v) is 17.6. The first-order chi connectivity index (χ1) is 14.6. The third-order valence-electron chi connectivity index (χ3n) is 4.47. The summed E-state index contributed by atoms with van der Waals surface area (Å²) >= 11 is 0. The molecule has 8 nitrogen and oxygen atoms in total. The highest BCUT2D eigenvalue weighted by Crippen LogP contribution is 2.13. The third kappa shape index (κ3) is 7.18. The predicted molar refractivity (Wildman–Crippen MR) is 110 cm³/mol. The number of rotatable bonds is 10. The molecule has 0 radical (unpaired) electrons. The molecule has 0 aromatic heterocycles. The Balaban J connectivity index is 2.11. The van der Waals surface area contributed by atoms with Crippen LogP contribution in [0.25, 0.3) is 0 Å². The molecule has 0 aliphatic heterocycles. The van der Waals surface area contributed by atoms with E-state index >= 15 is 0 Å². The summed E-state index contributed by atoms with van der Waals surface area (Å²) in [5.74, 6) is -3.93. The van der Waals surface area contributed by atoms with Crippen LogP contribution in [0.4, 0.5) is 4.39 Å². The quantitative estimate of drug-likeness (QED) is 0.500. The molecule has 0 fully saturated rings. The number of carboxylic acid groups (broad SMARTS) is 1. The van der Waals surface area contributed by atoms with Gasteiger partial charge in [0.2, 0.25) is 11.8 Å². The molecule has 166 valence electrons. The van der Waals surface area contributed by atoms with Crippen molar-refractivity contribution in [1.82, 2.24) is 10.6 Å². The van der Waals surface area contributed by atoms with Gasteiger partial charge in [-0.1, -0.05) is 36.4 Å². The van der Waals surface area contributed by atoms with Gasteiger partial charge in [-0.25, -0.2) is 17.6 Å². The molecule has 3 N–H and O–H groups in total. The van der Waals surface area contributed by atoms with E-state index in [9.17, 15) is 32.3 Å². The first-order valence-electron chi connectivity index (χ1n) is 9.41. The van der Waals surface area contributed by atoms with Crippen molar-refractivity contribution < 1.29 is 32.3 Å². The van der Waals surface area contributed by atoms with Crippen molar-refractivity contribution in [3.8, 4) is 0 Å². The number of amides is 2. The van der Waals surface area contributed by atoms with E-state index in [4.69, 9.17) is 0 Å². The molecule has 31 heavy (non-hydrogen) atoms. The lowest BCUT2D eigenvalue weighted by Gasteiger charge is -2.21. The number of carbonyl (C=O) groups is 3. The van der Waals surface area contributed by atoms with Crippen LogP contribution in [0.1, 0.15) is 18.9 Å². The van der Waals surface area contributed by atoms with Crippen molar-refractivity contribution in [2.75, 3.05) is 5.75 Å². The van der Waals surface area contributed by atoms with Gasteiger partial charge in [-0.2, -0.15) is 0 Å². The Morgan fingerprint density at radius 2 is 1.58 bits per heavy atom. The SMILES string of the molecule is CC(=O)N[C@@H](Cc1ccccc1F)C(=O)N[C@H](CCS(=O)(=O)c1ccccc1)C(=O)O. The summed E-state index contributed by atoms with van der Waals surface area (Å²) in [6.45, 7) is 1.17. The van der Waals surface area contributed by atoms with Crippen LogP contribution in [0.5, 0.6) is 0 Å². The van der Waals surface area contributed by atoms with Gasteiger partial charge >= 0.3 is 5.97 Å². The first-order valence-corrected chi connectivity index (χ1v) is 11.1. The standard InChI is InChI=1S/C21H23FN2O6S/c1-14(25)23-19(13-15-7-5-6-10-17(15)22)20(26)24-18(21(27)28)11-12-31(29,30)16-8-3-2-4-9-16/h2-10,18-19H,11-13H2,1H3,(H,23,25)(H,24,26)(H,27,28)/t18-,19+/m1/s1. The lowest BCUT2D eigenvalue weighted by molar-refractivity contribution is -0.142. The minimum absolute atomic E-state index is 0.0427. The Labute approximate surface area is 179 Å². The summed E-state index contributed by atoms with van der Waals surface area (Å²) in [5.41, 5.74) is 0.162. The minimum Gasteiger partial charge on any atom is -0.480 e. The van der Waals surface area contributed by atoms with Gasteiger partial charge in [-0.15, -0.1) is 0 Å². The molecule has 0 aliphatic rings. The zero-order valence-electron chi connectivity index (χ0n) is 16.7. The van der Waals surface area contributed by atoms with Crippen molar-refractivity contribution in [3.63, 3.8) is 0 Å². The second kappa shape index (κ2) is 10.7. The number of carboxylic acids is 1. The van der Waals surface area contributed by atoms with Crippen LogP contribution in [0.3, 0.4) is 0 Å². The Kier molecular flexibility index (Phi) is 8.26. The van der Waals surface area contributed by atoms with E-state index in [0.717, 1.165) is 0 Å². The molecule has 2 aromatic rings. The van der Waals surface area contributed by atoms with Crippen molar-refractivity contribution in [2.45, 2.75) is 36.7 Å². The van der Waals surface area contributed by atoms with Crippen LogP contribution in [0.15, 0.2) is 59.5 Å². The smallest absolute Gasteiger partial charge is 0.326 e. The fourth-order valence-corrected chi connectivity index (χ4v) is 4.24. The van der Waals surface area contributed by atoms with E-state index in [0.29, 0.717) is 0 Å². The van der Waals surface area contributed by atoms with Gasteiger partial charge in [-0.3, -0.25) is 9.59 Å². The average Bonchev–Trinajstić information content (AvgIpc) is 2.72. The third-order valence-corrected chi connectivity index (χ3v) is 6.23. The van der Waals surface area contributed by atoms with E-state index in [2.05, 4.69) is 10.6 Å². The molecule has 2 rings (SSSR count). The molecule has 2 atom stereocenters. The van der Waals surface area contributed by atoms with Crippen molar-refractivity contribution in [1.29, 1.82) is 0 Å². The molecule has 2 aromatic carbocycles. The van der Waals surface area contributed by atoms with E-state index in [1.165, 1.54) is 37.3 Å². The fourth-order valence-electron chi connectivity index (χ4n) is 2.89. The van der Waals surface area contributed by atoms with Crippen LogP contribution in [-0.2, 0) is 30.6 Å². The molecule has 0 saturated heterocycles. The molecule has 0 aliphatic carbocycles. The maximum atomic E-state index is 13.9. The number of halogens is 1. The number of sulfone groups is 1. The highest BCUT2D eigenvalue weighted by atomic mass is 32.2. The highest BCUT2D eigenvalue weighted by Gasteiger charge is 2.28. The number of hydrogen-bond acceptors (Lipinski definition) is 5. The van der Waals surface area contributed by atoms with Gasteiger partial charge in [0.1, 0.15) is 17.9 Å². The van der Waals surface area contributed by atoms with Crippen LogP contribution < -0.4 is 10.6 Å². The van der Waals surface area contributed by atoms with Crippen molar-refractivity contribution in [3.05, 3.63) is 66.0 Å². The van der Waals surface area contributed by atoms with Crippen LogP contribution in [-0.4, -0.2) is 49.1 Å². The van der Waals surface area contributed by atoms with E-state index in [1.807, 2.05) is 0 Å². The van der Waals surface area contributed by atoms with Crippen molar-refractivity contribution in [2.24, 2.45) is 0 Å². The van der Waals surface area contributed by atoms with Gasteiger partial charge in [0.25, 0.3) is 0 Å². The second-order valence-electron chi connectivity index (χ2n) is 6.87. The molecule has 0 bridgehead atoms. The summed E-state index contributed by atoms with van der Waals surface area (Å²) < 4.78 is 38.7. The number of nitrogens with one attached hydrogen (secondary N) is 2. The number of aliphatic carboxylic acids is 1. The summed E-state index contributed by atoms with van der Waals surface area (Å²) in [6.07, 6.45) is -0.586. The molecule has 0 spiro atoms. The normalized spacial score (nSPS) is 13.1. The Morgan fingerprint density at radius 1 is 0.968 bits per heavy atom. The van der Waals surface area contributed by atoms with Gasteiger partial charge in [0.15, 0.2) is 9.84 Å². The highest BCUT2D eigenvalue weighted by molar-refractivity contribution is 7.91. The van der Waals surface area contributed by atoms with Crippen LogP contribution in [0, 0.1) is 5.82 Å². The maximum absolute atomic E-state index is 13.9. The van der Waals surface area contributed by atoms with Gasteiger partial charge in [-0.05, 0) is 30.2 Å². The largest absolute Gasteiger partial charge is 0.480 e. The minimum atomic E-state index is -3.75. The Morgan fingerprint density at radius 3 is 2.16 bits per heavy atom. The summed E-state index contributed by atoms with van der Waals surface area (Å²) in [5, 5.41) is 14.0. The Bertz CT molecular complexity index is 1040. The molecule has 0 saturated carbocycles. The molecule has 0 heterocycles. The zero-order chi connectivity index (χ0) is 23.0. The number of carbonyl (C=O) groups excluding carboxylic acids is 2. The summed E-state index contributed by atoms with van der Waals surface area (Å²) in [7, 11) is -3.75. The summed E-state index contributed by atoms with van der Waals surface area (Å²) in [6, 6.07) is 10.5. The second-order valence-corrected chi connectivity index (χ2v) is 8.98. The monoisotopic (exact) mass is 450 g/mol. The van der Waals surface area contributed by atoms with E-state index in [-0.39, 0.29) is 23.3 Å². The van der Waals surface area contributed by atoms with Crippen LogP contribution >= 0.6 is 0 Å². The molecule has 10 heteroatoms. The van der Waals surface area contributed by atoms with Gasteiger partial charge in [0, 0.05) is 13.3 Å². The maximum Gasteiger partial charge on any atom is 0.326 e. The first kappa shape index (κ1) is 24.0. The summed E-state index contributed by atoms with van der Waals surface area (Å²) in [4.78, 5) is 35.8. The van der Waals surface area contributed by atoms with E-state index < -0.39 is 51.3 Å². The molecular weight excluding hydrogens is 427 g/mol. The van der Waals surface area contributed by atoms with Gasteiger partial charge < -0.3 is 15.7 Å². The lowest BCUT2D eigenvalue weighted by atomic mass is 10.0. The lowest BCUT2D eigenvalue weighted by Crippen LogP contribution is -2.52. The fraction of sp³-hybridized carbons (Fsp3) is 0.286. The molecule has 0 unspecified atom stereocenters.